The van der Waals surface area contributed by atoms with Gasteiger partial charge in [-0.25, -0.2) is 4.98 Å². The molecule has 2 N–H and O–H groups in total. The van der Waals surface area contributed by atoms with Crippen LogP contribution in [0.3, 0.4) is 0 Å². The molecule has 0 atom stereocenters. The molecule has 2 amide bonds. The van der Waals surface area contributed by atoms with E-state index in [1.165, 1.54) is 21.4 Å². The lowest BCUT2D eigenvalue weighted by atomic mass is 10.2. The third kappa shape index (κ3) is 3.85. The number of fused-ring (bicyclic) bond motifs is 2. The Labute approximate surface area is 195 Å². The van der Waals surface area contributed by atoms with Crippen molar-refractivity contribution in [3.8, 4) is 5.88 Å². The maximum absolute atomic E-state index is 13.3. The molecule has 0 saturated heterocycles. The summed E-state index contributed by atoms with van der Waals surface area (Å²) in [4.78, 5) is 44.8. The highest BCUT2D eigenvalue weighted by molar-refractivity contribution is 6.05. The Morgan fingerprint density at radius 1 is 1.32 bits per heavy atom. The summed E-state index contributed by atoms with van der Waals surface area (Å²) in [6, 6.07) is 3.84. The molecule has 10 heteroatoms. The third-order valence-electron chi connectivity index (χ3n) is 6.00. The van der Waals surface area contributed by atoms with Crippen LogP contribution in [-0.2, 0) is 17.8 Å². The van der Waals surface area contributed by atoms with Crippen molar-refractivity contribution in [2.75, 3.05) is 11.4 Å². The topological polar surface area (TPSA) is 122 Å². The van der Waals surface area contributed by atoms with Gasteiger partial charge in [0.15, 0.2) is 5.56 Å². The van der Waals surface area contributed by atoms with Gasteiger partial charge in [-0.15, -0.1) is 0 Å². The summed E-state index contributed by atoms with van der Waals surface area (Å²) in [5.41, 5.74) is 0.914. The molecule has 1 aliphatic heterocycles. The Kier molecular flexibility index (Phi) is 5.43. The largest absolute Gasteiger partial charge is 0.492 e. The zero-order chi connectivity index (χ0) is 24.0. The van der Waals surface area contributed by atoms with Crippen LogP contribution in [0.1, 0.15) is 48.2 Å². The Morgan fingerprint density at radius 2 is 2.12 bits per heavy atom. The van der Waals surface area contributed by atoms with Crippen LogP contribution >= 0.6 is 0 Å². The molecule has 2 aliphatic rings. The van der Waals surface area contributed by atoms with Crippen molar-refractivity contribution in [3.63, 3.8) is 0 Å². The predicted octanol–water partition coefficient (Wildman–Crippen LogP) is 1.75. The summed E-state index contributed by atoms with van der Waals surface area (Å²) < 4.78 is 2.62. The van der Waals surface area contributed by atoms with Crippen molar-refractivity contribution in [3.05, 3.63) is 57.6 Å². The van der Waals surface area contributed by atoms with Gasteiger partial charge < -0.3 is 10.4 Å². The molecule has 0 aromatic carbocycles. The van der Waals surface area contributed by atoms with E-state index in [-0.39, 0.29) is 23.4 Å². The molecule has 0 spiro atoms. The summed E-state index contributed by atoms with van der Waals surface area (Å²) in [6.45, 7) is 4.76. The standard InChI is InChI=1S/C24H26N6O4/c1-14(2)13-29-22-16(5-8-18(31)28-11-9-15-4-3-10-25-20(15)28)12-26-30(22)24(34)19(23(29)33)21(32)27-17-6-7-17/h3-5,8,10,12,14,17,34H,6-7,9,11,13H2,1-2H3,(H,27,32). The minimum absolute atomic E-state index is 0.0351. The lowest BCUT2D eigenvalue weighted by Gasteiger charge is -2.15. The molecule has 176 valence electrons. The van der Waals surface area contributed by atoms with Gasteiger partial charge in [-0.1, -0.05) is 19.9 Å². The number of carbonyl (C=O) groups excluding carboxylic acids is 2. The molecule has 10 nitrogen and oxygen atoms in total. The molecule has 4 heterocycles. The van der Waals surface area contributed by atoms with Gasteiger partial charge in [-0.2, -0.15) is 9.61 Å². The van der Waals surface area contributed by atoms with E-state index < -0.39 is 17.3 Å². The molecule has 3 aromatic rings. The summed E-state index contributed by atoms with van der Waals surface area (Å²) in [5.74, 6) is -0.614. The molecular weight excluding hydrogens is 436 g/mol. The van der Waals surface area contributed by atoms with Gasteiger partial charge >= 0.3 is 0 Å². The second-order valence-electron chi connectivity index (χ2n) is 9.15. The summed E-state index contributed by atoms with van der Waals surface area (Å²) in [5, 5.41) is 17.8. The molecule has 5 rings (SSSR count). The summed E-state index contributed by atoms with van der Waals surface area (Å²) >= 11 is 0. The van der Waals surface area contributed by atoms with Crippen molar-refractivity contribution in [1.29, 1.82) is 0 Å². The first-order chi connectivity index (χ1) is 16.3. The zero-order valence-electron chi connectivity index (χ0n) is 19.1. The fourth-order valence-electron chi connectivity index (χ4n) is 4.22. The minimum Gasteiger partial charge on any atom is -0.492 e. The van der Waals surface area contributed by atoms with E-state index in [1.54, 1.807) is 17.2 Å². The Hall–Kier alpha value is -3.95. The number of rotatable bonds is 6. The van der Waals surface area contributed by atoms with E-state index in [2.05, 4.69) is 15.4 Å². The smallest absolute Gasteiger partial charge is 0.270 e. The van der Waals surface area contributed by atoms with Gasteiger partial charge in [-0.3, -0.25) is 23.9 Å². The van der Waals surface area contributed by atoms with E-state index >= 15 is 0 Å². The van der Waals surface area contributed by atoms with Crippen molar-refractivity contribution in [1.82, 2.24) is 24.5 Å². The van der Waals surface area contributed by atoms with Crippen molar-refractivity contribution < 1.29 is 14.7 Å². The van der Waals surface area contributed by atoms with E-state index in [1.807, 2.05) is 26.0 Å². The number of hydrogen-bond donors (Lipinski definition) is 2. The monoisotopic (exact) mass is 462 g/mol. The van der Waals surface area contributed by atoms with Crippen LogP contribution in [0.25, 0.3) is 11.7 Å². The molecule has 3 aromatic heterocycles. The number of hydrogen-bond acceptors (Lipinski definition) is 6. The fourth-order valence-corrected chi connectivity index (χ4v) is 4.22. The Morgan fingerprint density at radius 3 is 2.85 bits per heavy atom. The highest BCUT2D eigenvalue weighted by Crippen LogP contribution is 2.26. The van der Waals surface area contributed by atoms with Crippen LogP contribution in [0.4, 0.5) is 5.82 Å². The maximum atomic E-state index is 13.3. The van der Waals surface area contributed by atoms with Crippen LogP contribution in [0, 0.1) is 5.92 Å². The van der Waals surface area contributed by atoms with Crippen molar-refractivity contribution in [2.45, 2.75) is 45.7 Å². The number of nitrogens with zero attached hydrogens (tertiary/aromatic N) is 5. The molecule has 1 saturated carbocycles. The minimum atomic E-state index is -0.604. The van der Waals surface area contributed by atoms with Crippen LogP contribution in [0.2, 0.25) is 0 Å². The normalized spacial score (nSPS) is 15.4. The number of carbonyl (C=O) groups is 2. The predicted molar refractivity (Wildman–Crippen MR) is 126 cm³/mol. The molecular formula is C24H26N6O4. The van der Waals surface area contributed by atoms with Crippen LogP contribution in [-0.4, -0.2) is 48.7 Å². The van der Waals surface area contributed by atoms with Gasteiger partial charge in [0.25, 0.3) is 17.4 Å². The van der Waals surface area contributed by atoms with Gasteiger partial charge in [0.2, 0.25) is 5.88 Å². The van der Waals surface area contributed by atoms with Crippen LogP contribution < -0.4 is 15.8 Å². The number of anilines is 1. The van der Waals surface area contributed by atoms with E-state index in [9.17, 15) is 19.5 Å². The molecule has 0 radical (unpaired) electrons. The lowest BCUT2D eigenvalue weighted by molar-refractivity contribution is -0.114. The van der Waals surface area contributed by atoms with Gasteiger partial charge in [0, 0.05) is 37.0 Å². The number of aromatic nitrogens is 4. The summed E-state index contributed by atoms with van der Waals surface area (Å²) in [7, 11) is 0. The van der Waals surface area contributed by atoms with Gasteiger partial charge in [0.1, 0.15) is 11.5 Å². The highest BCUT2D eigenvalue weighted by Gasteiger charge is 2.30. The van der Waals surface area contributed by atoms with E-state index in [0.717, 1.165) is 24.8 Å². The molecule has 1 aliphatic carbocycles. The van der Waals surface area contributed by atoms with Crippen molar-refractivity contribution >= 4 is 29.4 Å². The van der Waals surface area contributed by atoms with Crippen LogP contribution in [0.15, 0.2) is 35.4 Å². The number of pyridine rings is 1. The summed E-state index contributed by atoms with van der Waals surface area (Å²) in [6.07, 6.45) is 8.57. The third-order valence-corrected chi connectivity index (χ3v) is 6.00. The van der Waals surface area contributed by atoms with Gasteiger partial charge in [-0.05, 0) is 42.9 Å². The SMILES string of the molecule is CC(C)Cn1c(=O)c(C(=O)NC2CC2)c(O)n2ncc(C=CC(=O)N3CCc4cccnc43)c12. The molecule has 34 heavy (non-hydrogen) atoms. The first-order valence-corrected chi connectivity index (χ1v) is 11.4. The fraction of sp³-hybridized carbons (Fsp3) is 0.375. The highest BCUT2D eigenvalue weighted by atomic mass is 16.3. The van der Waals surface area contributed by atoms with Crippen LogP contribution in [0.5, 0.6) is 5.88 Å². The zero-order valence-corrected chi connectivity index (χ0v) is 19.1. The number of aromatic hydroxyl groups is 1. The number of amides is 2. The molecule has 0 unspecified atom stereocenters. The lowest BCUT2D eigenvalue weighted by Crippen LogP contribution is -2.36. The Bertz CT molecular complexity index is 1380. The average Bonchev–Trinajstić information content (AvgIpc) is 3.34. The first kappa shape index (κ1) is 21.9. The second kappa shape index (κ2) is 8.44. The second-order valence-corrected chi connectivity index (χ2v) is 9.15. The van der Waals surface area contributed by atoms with E-state index in [4.69, 9.17) is 0 Å². The maximum Gasteiger partial charge on any atom is 0.270 e. The Balaban J connectivity index is 1.54. The van der Waals surface area contributed by atoms with E-state index in [0.29, 0.717) is 30.1 Å². The molecule has 1 fully saturated rings. The number of nitrogens with one attached hydrogen (secondary N) is 1. The molecule has 0 bridgehead atoms. The average molecular weight is 463 g/mol. The quantitative estimate of drug-likeness (QED) is 0.538. The van der Waals surface area contributed by atoms with Gasteiger partial charge in [0.05, 0.1) is 6.20 Å². The first-order valence-electron chi connectivity index (χ1n) is 11.4. The van der Waals surface area contributed by atoms with Crippen molar-refractivity contribution in [2.24, 2.45) is 5.92 Å².